The monoisotopic (exact) mass is 1360 g/mol. The van der Waals surface area contributed by atoms with Crippen LogP contribution >= 0.6 is 70.5 Å². The molecule has 4 aromatic heterocycles. The number of piperidine rings is 2. The van der Waals surface area contributed by atoms with Crippen molar-refractivity contribution in [3.8, 4) is 11.4 Å². The highest BCUT2D eigenvalue weighted by atomic mass is 79.9. The highest BCUT2D eigenvalue weighted by Crippen LogP contribution is 2.26. The van der Waals surface area contributed by atoms with Gasteiger partial charge in [0.2, 0.25) is 20.0 Å². The van der Waals surface area contributed by atoms with E-state index in [0.717, 1.165) is 11.1 Å². The molecule has 0 spiro atoms. The smallest absolute Gasteiger partial charge is 0.369 e. The van der Waals surface area contributed by atoms with Gasteiger partial charge >= 0.3 is 3.18 Å². The van der Waals surface area contributed by atoms with Crippen molar-refractivity contribution in [1.29, 1.82) is 0 Å². The zero-order valence-electron chi connectivity index (χ0n) is 42.6. The Morgan fingerprint density at radius 1 is 0.613 bits per heavy atom. The molecule has 2 fully saturated rings. The zero-order valence-corrected chi connectivity index (χ0v) is 50.5. The van der Waals surface area contributed by atoms with Crippen molar-refractivity contribution in [2.45, 2.75) is 60.8 Å². The molecule has 18 nitrogen and oxygen atoms in total. The van der Waals surface area contributed by atoms with E-state index in [1.54, 1.807) is 102 Å². The summed E-state index contributed by atoms with van der Waals surface area (Å²) in [5, 5.41) is 25.4. The number of sulfonamides is 2. The van der Waals surface area contributed by atoms with E-state index in [4.69, 9.17) is 27.9 Å². The quantitative estimate of drug-likeness (QED) is 0.0725. The summed E-state index contributed by atoms with van der Waals surface area (Å²) in [7, 11) is -5.56. The van der Waals surface area contributed by atoms with Gasteiger partial charge < -0.3 is 20.5 Å². The number of carbonyl (C=O) groups is 2. The molecule has 8 aromatic rings. The van der Waals surface area contributed by atoms with Crippen molar-refractivity contribution in [2.75, 3.05) is 38.6 Å². The first kappa shape index (κ1) is 62.3. The number of benzene rings is 4. The van der Waals surface area contributed by atoms with Crippen LogP contribution in [0.15, 0.2) is 144 Å². The molecule has 80 heavy (non-hydrogen) atoms. The Hall–Kier alpha value is -5.26. The molecule has 0 saturated carbocycles. The van der Waals surface area contributed by atoms with Crippen LogP contribution in [0, 0.1) is 11.6 Å². The summed E-state index contributed by atoms with van der Waals surface area (Å²) in [6.07, 6.45) is 11.1. The number of aliphatic hydroxyl groups excluding tert-OH is 1. The van der Waals surface area contributed by atoms with Gasteiger partial charge in [0.25, 0.3) is 11.8 Å². The van der Waals surface area contributed by atoms with Crippen molar-refractivity contribution in [3.05, 3.63) is 168 Å². The number of halogens is 7. The first-order valence-electron chi connectivity index (χ1n) is 24.5. The third-order valence-electron chi connectivity index (χ3n) is 12.8. The number of pyridine rings is 2. The van der Waals surface area contributed by atoms with E-state index in [0.29, 0.717) is 96.2 Å². The topological polar surface area (TPSA) is 224 Å². The number of rotatable bonds is 13. The number of nitrogens with one attached hydrogen (secondary N) is 2. The molecule has 2 aliphatic heterocycles. The largest absolute Gasteiger partial charge is 0.393 e. The van der Waals surface area contributed by atoms with E-state index >= 15 is 0 Å². The second-order valence-electron chi connectivity index (χ2n) is 17.8. The number of methoxy groups -OCH3 is 1. The summed E-state index contributed by atoms with van der Waals surface area (Å²) >= 11 is 18.8. The van der Waals surface area contributed by atoms with E-state index in [2.05, 4.69) is 78.1 Å². The van der Waals surface area contributed by atoms with Crippen LogP contribution in [-0.2, 0) is 37.9 Å². The highest BCUT2D eigenvalue weighted by Gasteiger charge is 2.30. The summed E-state index contributed by atoms with van der Waals surface area (Å²) in [5.41, 5.74) is 4.69. The molecule has 422 valence electrons. The van der Waals surface area contributed by atoms with E-state index in [1.807, 2.05) is 0 Å². The summed E-state index contributed by atoms with van der Waals surface area (Å²) in [4.78, 5) is 34.6. The number of hydrogen-bond acceptors (Lipinski definition) is 12. The SMILES string of the molecule is BrB(Br)Br.COC1CCN(S(=O)(=O)c2ccc(CNC(=O)c3cncc4c3cnn4-c3ccc(F)cc3)cc2)CC1.ClCCl.O=C(NCc1ccc(S(=O)(=O)N2CCC(O)CC2)cc1)c1cncc2c1cnn2-c1ccc(F)cc1. The molecule has 0 bridgehead atoms. The molecule has 2 amide bonds. The van der Waals surface area contributed by atoms with Gasteiger partial charge in [0.1, 0.15) is 11.6 Å². The van der Waals surface area contributed by atoms with Gasteiger partial charge in [0.15, 0.2) is 0 Å². The van der Waals surface area contributed by atoms with E-state index in [-0.39, 0.29) is 61.0 Å². The fourth-order valence-electron chi connectivity index (χ4n) is 8.62. The predicted octanol–water partition coefficient (Wildman–Crippen LogP) is 9.50. The summed E-state index contributed by atoms with van der Waals surface area (Å²) in [5.74, 6) is -1.40. The maximum Gasteiger partial charge on any atom is 0.369 e. The summed E-state index contributed by atoms with van der Waals surface area (Å²) in [6.45, 7) is 1.83. The van der Waals surface area contributed by atoms with Crippen LogP contribution in [0.5, 0.6) is 0 Å². The number of hydrogen-bond donors (Lipinski definition) is 3. The summed E-state index contributed by atoms with van der Waals surface area (Å²) in [6, 6.07) is 24.6. The number of carbonyl (C=O) groups excluding carboxylic acids is 2. The third kappa shape index (κ3) is 16.0. The van der Waals surface area contributed by atoms with Crippen LogP contribution < -0.4 is 10.6 Å². The van der Waals surface area contributed by atoms with Gasteiger partial charge in [-0.1, -0.05) is 24.3 Å². The maximum atomic E-state index is 13.3. The Labute approximate surface area is 496 Å². The van der Waals surface area contributed by atoms with Crippen molar-refractivity contribution < 1.29 is 45.0 Å². The fourth-order valence-corrected chi connectivity index (χ4v) is 11.6. The third-order valence-corrected chi connectivity index (χ3v) is 16.6. The number of alkyl halides is 2. The number of nitrogens with zero attached hydrogens (tertiary/aromatic N) is 8. The van der Waals surface area contributed by atoms with Gasteiger partial charge in [-0.05, 0) is 110 Å². The molecule has 2 saturated heterocycles. The minimum atomic E-state index is -3.63. The Balaban J connectivity index is 0.000000207. The Bertz CT molecular complexity index is 3580. The molecular formula is C52H52BBr3Cl2F2N10O8S2. The second kappa shape index (κ2) is 29.1. The first-order valence-corrected chi connectivity index (χ1v) is 31.2. The lowest BCUT2D eigenvalue weighted by molar-refractivity contribution is 0.0604. The second-order valence-corrected chi connectivity index (χ2v) is 28.9. The Morgan fingerprint density at radius 3 is 1.31 bits per heavy atom. The molecule has 6 heterocycles. The average molecular weight is 1370 g/mol. The van der Waals surface area contributed by atoms with Gasteiger partial charge in [0.05, 0.1) is 85.7 Å². The normalized spacial score (nSPS) is 14.5. The van der Waals surface area contributed by atoms with Crippen LogP contribution in [0.1, 0.15) is 57.5 Å². The van der Waals surface area contributed by atoms with Gasteiger partial charge in [-0.15, -0.1) is 70.5 Å². The van der Waals surface area contributed by atoms with E-state index < -0.39 is 26.2 Å². The summed E-state index contributed by atoms with van der Waals surface area (Å²) < 4.78 is 89.8. The Kier molecular flexibility index (Phi) is 22.7. The molecular weight excluding hydrogens is 1320 g/mol. The van der Waals surface area contributed by atoms with Gasteiger partial charge in [-0.2, -0.15) is 18.8 Å². The number of fused-ring (bicyclic) bond motifs is 2. The molecule has 0 aliphatic carbocycles. The molecule has 0 unspecified atom stereocenters. The highest BCUT2D eigenvalue weighted by molar-refractivity contribution is 9.69. The molecule has 4 aromatic carbocycles. The number of amides is 2. The molecule has 2 aliphatic rings. The fraction of sp³-hybridized carbons (Fsp3) is 0.269. The molecule has 28 heteroatoms. The lowest BCUT2D eigenvalue weighted by Crippen LogP contribution is -2.40. The molecule has 3 N–H and O–H groups in total. The lowest BCUT2D eigenvalue weighted by atomic mass is 10.1. The molecule has 0 atom stereocenters. The van der Waals surface area contributed by atoms with Crippen molar-refractivity contribution in [2.24, 2.45) is 0 Å². The predicted molar refractivity (Wildman–Crippen MR) is 315 cm³/mol. The lowest BCUT2D eigenvalue weighted by Gasteiger charge is -2.30. The van der Waals surface area contributed by atoms with Crippen LogP contribution in [-0.4, -0.2) is 126 Å². The van der Waals surface area contributed by atoms with Gasteiger partial charge in [-0.3, -0.25) is 19.6 Å². The van der Waals surface area contributed by atoms with E-state index in [1.165, 1.54) is 57.4 Å². The standard InChI is InChI=1S/C26H26FN5O4S.C25H24FN5O4S.CH2Cl2.BBr3/c1-36-21-10-12-31(13-11-21)37(34,35)22-8-2-18(3-9-22)14-29-26(33)24-15-28-17-25-23(24)16-30-32(25)20-6-4-19(27)5-7-20;26-18-3-5-19(6-4-18)31-24-16-27-14-23(22(24)15-29-31)25(33)28-13-17-1-7-21(8-2-17)36(34,35)30-11-9-20(32)10-12-30;2-1-3;2-1(3)4/h2-9,15-17,21H,10-14H2,1H3,(H,29,33);1-8,14-16,20,32H,9-13H2,(H,28,33);1H2;. The zero-order chi connectivity index (χ0) is 57.6. The number of aromatic nitrogens is 6. The first-order chi connectivity index (χ1) is 38.3. The molecule has 0 radical (unpaired) electrons. The average Bonchev–Trinajstić information content (AvgIpc) is 4.20. The van der Waals surface area contributed by atoms with Crippen molar-refractivity contribution >= 4 is 127 Å². The Morgan fingerprint density at radius 2 is 0.963 bits per heavy atom. The number of aliphatic hydroxyl groups is 1. The van der Waals surface area contributed by atoms with Crippen LogP contribution in [0.25, 0.3) is 33.2 Å². The van der Waals surface area contributed by atoms with Crippen LogP contribution in [0.2, 0.25) is 0 Å². The van der Waals surface area contributed by atoms with Crippen molar-refractivity contribution in [3.63, 3.8) is 0 Å². The van der Waals surface area contributed by atoms with Gasteiger partial charge in [-0.25, -0.2) is 35.0 Å². The number of ether oxygens (including phenoxy) is 1. The maximum absolute atomic E-state index is 13.3. The van der Waals surface area contributed by atoms with Gasteiger partial charge in [0, 0.05) is 69.5 Å². The molecule has 10 rings (SSSR count). The minimum absolute atomic E-state index is 0.0933. The minimum Gasteiger partial charge on any atom is -0.393 e. The van der Waals surface area contributed by atoms with Crippen LogP contribution in [0.4, 0.5) is 8.78 Å². The van der Waals surface area contributed by atoms with Crippen molar-refractivity contribution in [1.82, 2.24) is 48.8 Å². The van der Waals surface area contributed by atoms with Crippen LogP contribution in [0.3, 0.4) is 0 Å². The van der Waals surface area contributed by atoms with E-state index in [9.17, 15) is 40.3 Å².